The van der Waals surface area contributed by atoms with E-state index in [9.17, 15) is 18.0 Å². The highest BCUT2D eigenvalue weighted by Crippen LogP contribution is 2.42. The van der Waals surface area contributed by atoms with Crippen LogP contribution >= 0.6 is 11.3 Å². The Morgan fingerprint density at radius 2 is 1.80 bits per heavy atom. The summed E-state index contributed by atoms with van der Waals surface area (Å²) in [4.78, 5) is 26.1. The zero-order valence-corrected chi connectivity index (χ0v) is 19.8. The first-order chi connectivity index (χ1) is 16.8. The molecule has 0 radical (unpaired) electrons. The third-order valence-electron chi connectivity index (χ3n) is 5.49. The highest BCUT2D eigenvalue weighted by Gasteiger charge is 2.43. The van der Waals surface area contributed by atoms with Crippen LogP contribution in [0.3, 0.4) is 0 Å². The fraction of sp³-hybridized carbons (Fsp3) is 0.0833. The molecule has 3 aromatic heterocycles. The number of carbonyl (C=O) groups excluding carboxylic acids is 1. The minimum absolute atomic E-state index is 0.0483. The van der Waals surface area contributed by atoms with Gasteiger partial charge in [-0.15, -0.1) is 11.3 Å². The largest absolute Gasteiger partial charge is 0.468 e. The maximum Gasteiger partial charge on any atom is 0.337 e. The molecule has 0 spiro atoms. The van der Waals surface area contributed by atoms with E-state index in [1.165, 1.54) is 37.8 Å². The van der Waals surface area contributed by atoms with Gasteiger partial charge >= 0.3 is 5.97 Å². The van der Waals surface area contributed by atoms with Crippen LogP contribution in [-0.2, 0) is 19.4 Å². The molecule has 1 unspecified atom stereocenters. The van der Waals surface area contributed by atoms with E-state index in [1.54, 1.807) is 42.5 Å². The molecule has 1 aromatic carbocycles. The molecule has 1 aliphatic heterocycles. The van der Waals surface area contributed by atoms with Crippen molar-refractivity contribution < 1.29 is 26.8 Å². The molecule has 35 heavy (non-hydrogen) atoms. The van der Waals surface area contributed by atoms with Crippen LogP contribution in [0.2, 0.25) is 0 Å². The molecule has 4 aromatic rings. The summed E-state index contributed by atoms with van der Waals surface area (Å²) in [5, 5.41) is 0. The zero-order valence-electron chi connectivity index (χ0n) is 18.2. The van der Waals surface area contributed by atoms with Crippen LogP contribution in [0, 0.1) is 0 Å². The van der Waals surface area contributed by atoms with Gasteiger partial charge in [-0.2, -0.15) is 0 Å². The summed E-state index contributed by atoms with van der Waals surface area (Å²) < 4.78 is 45.0. The number of allylic oxidation sites excluding steroid dienone is 1. The molecule has 5 rings (SSSR count). The van der Waals surface area contributed by atoms with E-state index in [0.717, 1.165) is 15.9 Å². The average Bonchev–Trinajstić information content (AvgIpc) is 3.62. The SMILES string of the molecule is COC(=O)C1=c2s/c(=C\c3ccco3)c(=O)n2C(N)=C(S(=O)(=O)c2ccccc2)C1c1ccco1. The Labute approximate surface area is 202 Å². The zero-order chi connectivity index (χ0) is 24.7. The molecule has 11 heteroatoms. The van der Waals surface area contributed by atoms with Crippen molar-refractivity contribution in [1.29, 1.82) is 0 Å². The summed E-state index contributed by atoms with van der Waals surface area (Å²) in [5.41, 5.74) is 5.75. The molecule has 1 atom stereocenters. The number of hydrogen-bond donors (Lipinski definition) is 1. The quantitative estimate of drug-likeness (QED) is 0.400. The predicted molar refractivity (Wildman–Crippen MR) is 128 cm³/mol. The Bertz CT molecular complexity index is 1730. The number of fused-ring (bicyclic) bond motifs is 1. The molecule has 0 saturated carbocycles. The van der Waals surface area contributed by atoms with E-state index < -0.39 is 27.3 Å². The van der Waals surface area contributed by atoms with Crippen molar-refractivity contribution in [1.82, 2.24) is 4.57 Å². The minimum atomic E-state index is -4.28. The number of aromatic nitrogens is 1. The number of nitrogens with two attached hydrogens (primary N) is 1. The van der Waals surface area contributed by atoms with Crippen LogP contribution in [0.15, 0.2) is 90.6 Å². The lowest BCUT2D eigenvalue weighted by molar-refractivity contribution is -0.134. The van der Waals surface area contributed by atoms with Gasteiger partial charge in [0, 0.05) is 6.08 Å². The van der Waals surface area contributed by atoms with E-state index in [4.69, 9.17) is 19.3 Å². The molecule has 1 aliphatic rings. The maximum atomic E-state index is 13.9. The lowest BCUT2D eigenvalue weighted by Crippen LogP contribution is -2.41. The van der Waals surface area contributed by atoms with Crippen molar-refractivity contribution in [2.45, 2.75) is 10.8 Å². The number of hydrogen-bond acceptors (Lipinski definition) is 9. The van der Waals surface area contributed by atoms with Crippen molar-refractivity contribution in [2.24, 2.45) is 5.73 Å². The van der Waals surface area contributed by atoms with Gasteiger partial charge in [0.2, 0.25) is 9.84 Å². The number of methoxy groups -OCH3 is 1. The summed E-state index contributed by atoms with van der Waals surface area (Å²) in [6.07, 6.45) is 4.31. The van der Waals surface area contributed by atoms with Crippen molar-refractivity contribution in [3.63, 3.8) is 0 Å². The molecular formula is C24H18N2O7S2. The Hall–Kier alpha value is -4.09. The molecule has 178 valence electrons. The fourth-order valence-electron chi connectivity index (χ4n) is 3.96. The van der Waals surface area contributed by atoms with Gasteiger partial charge in [0.05, 0.1) is 40.6 Å². The summed E-state index contributed by atoms with van der Waals surface area (Å²) in [6, 6.07) is 14.1. The second kappa shape index (κ2) is 8.60. The third kappa shape index (κ3) is 3.65. The number of ether oxygens (including phenoxy) is 1. The number of esters is 1. The number of furan rings is 2. The van der Waals surface area contributed by atoms with Crippen LogP contribution in [0.1, 0.15) is 17.4 Å². The Morgan fingerprint density at radius 3 is 2.43 bits per heavy atom. The normalized spacial score (nSPS) is 16.4. The van der Waals surface area contributed by atoms with Gasteiger partial charge in [0.1, 0.15) is 26.9 Å². The third-order valence-corrected chi connectivity index (χ3v) is 8.52. The van der Waals surface area contributed by atoms with E-state index in [0.29, 0.717) is 5.76 Å². The molecule has 0 aliphatic carbocycles. The average molecular weight is 511 g/mol. The summed E-state index contributed by atoms with van der Waals surface area (Å²) in [5.74, 6) is -1.82. The van der Waals surface area contributed by atoms with Gasteiger partial charge in [-0.1, -0.05) is 18.2 Å². The first-order valence-electron chi connectivity index (χ1n) is 10.3. The second-order valence-electron chi connectivity index (χ2n) is 7.49. The van der Waals surface area contributed by atoms with E-state index >= 15 is 0 Å². The molecule has 0 bridgehead atoms. The first kappa shape index (κ1) is 22.7. The maximum absolute atomic E-state index is 13.9. The summed E-state index contributed by atoms with van der Waals surface area (Å²) in [7, 11) is -3.10. The number of benzene rings is 1. The lowest BCUT2D eigenvalue weighted by Gasteiger charge is -2.26. The number of thiazole rings is 1. The van der Waals surface area contributed by atoms with Gasteiger partial charge in [-0.25, -0.2) is 13.2 Å². The molecule has 0 saturated heterocycles. The minimum Gasteiger partial charge on any atom is -0.468 e. The highest BCUT2D eigenvalue weighted by atomic mass is 32.2. The molecular weight excluding hydrogens is 492 g/mol. The van der Waals surface area contributed by atoms with E-state index in [-0.39, 0.29) is 36.2 Å². The van der Waals surface area contributed by atoms with Gasteiger partial charge in [0.15, 0.2) is 0 Å². The van der Waals surface area contributed by atoms with Crippen molar-refractivity contribution in [3.05, 3.63) is 103 Å². The van der Waals surface area contributed by atoms with Gasteiger partial charge < -0.3 is 19.3 Å². The monoisotopic (exact) mass is 510 g/mol. The van der Waals surface area contributed by atoms with Crippen LogP contribution in [0.4, 0.5) is 0 Å². The van der Waals surface area contributed by atoms with Crippen LogP contribution in [0.5, 0.6) is 0 Å². The Kier molecular flexibility index (Phi) is 5.58. The van der Waals surface area contributed by atoms with Gasteiger partial charge in [0.25, 0.3) is 5.56 Å². The van der Waals surface area contributed by atoms with E-state index in [2.05, 4.69) is 0 Å². The summed E-state index contributed by atoms with van der Waals surface area (Å²) in [6.45, 7) is 0. The topological polar surface area (TPSA) is 135 Å². The Morgan fingerprint density at radius 1 is 1.09 bits per heavy atom. The van der Waals surface area contributed by atoms with Gasteiger partial charge in [-0.05, 0) is 36.4 Å². The summed E-state index contributed by atoms with van der Waals surface area (Å²) >= 11 is 0.972. The smallest absolute Gasteiger partial charge is 0.337 e. The highest BCUT2D eigenvalue weighted by molar-refractivity contribution is 7.95. The van der Waals surface area contributed by atoms with Crippen LogP contribution in [0.25, 0.3) is 17.5 Å². The number of sulfone groups is 1. The first-order valence-corrected chi connectivity index (χ1v) is 12.6. The van der Waals surface area contributed by atoms with Crippen molar-refractivity contribution in [3.8, 4) is 0 Å². The number of nitrogens with zero attached hydrogens (tertiary/aromatic N) is 1. The van der Waals surface area contributed by atoms with Gasteiger partial charge in [-0.3, -0.25) is 9.36 Å². The number of carbonyl (C=O) groups is 1. The van der Waals surface area contributed by atoms with Crippen LogP contribution in [-0.4, -0.2) is 26.1 Å². The Balaban J connectivity index is 1.93. The molecule has 0 amide bonds. The lowest BCUT2D eigenvalue weighted by atomic mass is 9.94. The molecule has 9 nitrogen and oxygen atoms in total. The standard InChI is InChI=1S/C24H18N2O7S2/c1-31-24(28)19-18(16-10-6-12-33-16)20(35(29,30)15-8-3-2-4-9-15)21(25)26-22(27)17(34-23(19)26)13-14-7-5-11-32-14/h2-13,18H,25H2,1H3/b17-13-. The predicted octanol–water partition coefficient (Wildman–Crippen LogP) is 1.60. The van der Waals surface area contributed by atoms with Crippen molar-refractivity contribution in [2.75, 3.05) is 7.11 Å². The van der Waals surface area contributed by atoms with E-state index in [1.807, 2.05) is 0 Å². The molecule has 2 N–H and O–H groups in total. The second-order valence-corrected chi connectivity index (χ2v) is 10.4. The molecule has 0 fully saturated rings. The fourth-order valence-corrected chi connectivity index (χ4v) is 6.78. The van der Waals surface area contributed by atoms with Crippen LogP contribution < -0.4 is 20.5 Å². The number of rotatable bonds is 5. The van der Waals surface area contributed by atoms with Crippen molar-refractivity contribution >= 4 is 44.6 Å². The molecule has 4 heterocycles.